The van der Waals surface area contributed by atoms with Gasteiger partial charge in [0, 0.05) is 0 Å². The van der Waals surface area contributed by atoms with Gasteiger partial charge in [-0.2, -0.15) is 0 Å². The van der Waals surface area contributed by atoms with E-state index in [1.54, 1.807) is 6.20 Å². The molecule has 0 aromatic carbocycles. The molecule has 0 saturated carbocycles. The molecule has 0 bridgehead atoms. The zero-order chi connectivity index (χ0) is 9.26. The summed E-state index contributed by atoms with van der Waals surface area (Å²) in [5, 5.41) is 0.298. The fourth-order valence-electron chi connectivity index (χ4n) is 1.08. The number of allylic oxidation sites excluding steroid dienone is 2. The maximum atomic E-state index is 5.72. The average molecular weight is 358 g/mol. The third kappa shape index (κ3) is 2.17. The first-order chi connectivity index (χ1) is 6.27. The minimum absolute atomic E-state index is 0.298. The fraction of sp³-hybridized carbons (Fsp3) is 0. The molecule has 0 amide bonds. The van der Waals surface area contributed by atoms with E-state index in [0.29, 0.717) is 5.28 Å². The Labute approximate surface area is 101 Å². The van der Waals surface area contributed by atoms with Gasteiger partial charge in [0.15, 0.2) is 0 Å². The van der Waals surface area contributed by atoms with Crippen LogP contribution < -0.4 is 0 Å². The van der Waals surface area contributed by atoms with Gasteiger partial charge < -0.3 is 0 Å². The topological polar surface area (TPSA) is 25.8 Å². The second-order valence-corrected chi connectivity index (χ2v) is 6.85. The van der Waals surface area contributed by atoms with Crippen molar-refractivity contribution in [1.29, 1.82) is 0 Å². The molecule has 5 heteroatoms. The van der Waals surface area contributed by atoms with Crippen LogP contribution in [0.1, 0.15) is 5.69 Å². The van der Waals surface area contributed by atoms with Crippen LogP contribution in [0.3, 0.4) is 0 Å². The van der Waals surface area contributed by atoms with Crippen molar-refractivity contribution in [2.45, 2.75) is 0 Å². The number of hydrogen-bond acceptors (Lipinski definition) is 2. The summed E-state index contributed by atoms with van der Waals surface area (Å²) < 4.78 is 5.46. The molecular formula is C8H4BrClInN2. The van der Waals surface area contributed by atoms with E-state index in [2.05, 4.69) is 39.6 Å². The zero-order valence-corrected chi connectivity index (χ0v) is 12.2. The van der Waals surface area contributed by atoms with E-state index in [1.165, 1.54) is 5.57 Å². The second-order valence-electron chi connectivity index (χ2n) is 2.51. The molecule has 0 saturated heterocycles. The zero-order valence-electron chi connectivity index (χ0n) is 6.54. The molecule has 0 N–H and O–H groups in total. The molecule has 1 aromatic rings. The van der Waals surface area contributed by atoms with Crippen LogP contribution in [0.4, 0.5) is 0 Å². The molecule has 63 valence electrons. The molecule has 1 aromatic heterocycles. The first kappa shape index (κ1) is 9.74. The standard InChI is InChI=1S/C8H4BrClN2.In/c1-3-5(2)7-6(9)4-11-8(10)12-7;/h1-4H;. The Morgan fingerprint density at radius 2 is 2.31 bits per heavy atom. The van der Waals surface area contributed by atoms with Crippen LogP contribution in [0.5, 0.6) is 0 Å². The Bertz CT molecular complexity index is 403. The van der Waals surface area contributed by atoms with Crippen LogP contribution in [-0.2, 0) is 0 Å². The normalized spacial score (nSPS) is 14.2. The molecule has 2 heterocycles. The summed E-state index contributed by atoms with van der Waals surface area (Å²) in [7, 11) is 0. The van der Waals surface area contributed by atoms with E-state index in [1.807, 2.05) is 0 Å². The van der Waals surface area contributed by atoms with Gasteiger partial charge in [0.05, 0.1) is 0 Å². The summed E-state index contributed by atoms with van der Waals surface area (Å²) in [5.74, 6) is 0. The Morgan fingerprint density at radius 1 is 1.46 bits per heavy atom. The van der Waals surface area contributed by atoms with Gasteiger partial charge in [0.1, 0.15) is 0 Å². The number of hydrogen-bond donors (Lipinski definition) is 0. The molecule has 0 atom stereocenters. The van der Waals surface area contributed by atoms with Gasteiger partial charge in [-0.25, -0.2) is 0 Å². The van der Waals surface area contributed by atoms with Gasteiger partial charge >= 0.3 is 101 Å². The van der Waals surface area contributed by atoms with Crippen molar-refractivity contribution in [2.24, 2.45) is 0 Å². The van der Waals surface area contributed by atoms with Crippen molar-refractivity contribution in [1.82, 2.24) is 9.97 Å². The van der Waals surface area contributed by atoms with Gasteiger partial charge in [0.2, 0.25) is 0 Å². The van der Waals surface area contributed by atoms with Crippen molar-refractivity contribution >= 4 is 56.0 Å². The number of rotatable bonds is 1. The molecule has 1 aliphatic rings. The molecule has 2 rings (SSSR count). The van der Waals surface area contributed by atoms with Crippen molar-refractivity contribution in [2.75, 3.05) is 0 Å². The van der Waals surface area contributed by atoms with Gasteiger partial charge in [-0.15, -0.1) is 0 Å². The van der Waals surface area contributed by atoms with Gasteiger partial charge in [-0.05, 0) is 0 Å². The second kappa shape index (κ2) is 4.15. The molecule has 0 spiro atoms. The minimum atomic E-state index is -0.550. The molecule has 0 aliphatic carbocycles. The molecule has 2 nitrogen and oxygen atoms in total. The molecule has 0 fully saturated rings. The first-order valence-corrected chi connectivity index (χ1v) is 8.65. The van der Waals surface area contributed by atoms with E-state index in [4.69, 9.17) is 11.6 Å². The SMILES string of the molecule is Clc1ncc(Br)c(C2=[CH][In][CH]=C2)n1. The molecule has 0 unspecified atom stereocenters. The predicted molar refractivity (Wildman–Crippen MR) is 57.6 cm³/mol. The predicted octanol–water partition coefficient (Wildman–Crippen LogP) is 2.46. The van der Waals surface area contributed by atoms with Gasteiger partial charge in [-0.1, -0.05) is 0 Å². The van der Waals surface area contributed by atoms with Crippen LogP contribution in [-0.4, -0.2) is 32.9 Å². The number of halogens is 2. The van der Waals surface area contributed by atoms with E-state index < -0.39 is 22.9 Å². The van der Waals surface area contributed by atoms with Crippen molar-refractivity contribution in [3.63, 3.8) is 0 Å². The molecule has 1 radical (unpaired) electrons. The summed E-state index contributed by atoms with van der Waals surface area (Å²) >= 11 is 8.57. The summed E-state index contributed by atoms with van der Waals surface area (Å²) in [5.41, 5.74) is 2.08. The van der Waals surface area contributed by atoms with Crippen LogP contribution >= 0.6 is 27.5 Å². The van der Waals surface area contributed by atoms with Crippen LogP contribution in [0.25, 0.3) is 5.57 Å². The van der Waals surface area contributed by atoms with Gasteiger partial charge in [-0.3, -0.25) is 0 Å². The van der Waals surface area contributed by atoms with Crippen molar-refractivity contribution in [3.8, 4) is 0 Å². The maximum absolute atomic E-state index is 5.72. The molecular weight excluding hydrogens is 354 g/mol. The monoisotopic (exact) mass is 357 g/mol. The summed E-state index contributed by atoms with van der Waals surface area (Å²) in [6.07, 6.45) is 3.80. The molecule has 1 aliphatic heterocycles. The summed E-state index contributed by atoms with van der Waals surface area (Å²) in [4.78, 5) is 8.06. The number of nitrogens with zero attached hydrogens (tertiary/aromatic N) is 2. The van der Waals surface area contributed by atoms with E-state index in [-0.39, 0.29) is 0 Å². The Morgan fingerprint density at radius 3 is 3.00 bits per heavy atom. The molecule has 13 heavy (non-hydrogen) atoms. The van der Waals surface area contributed by atoms with E-state index >= 15 is 0 Å². The average Bonchev–Trinajstić information content (AvgIpc) is 2.61. The van der Waals surface area contributed by atoms with Crippen LogP contribution in [0.2, 0.25) is 5.28 Å². The fourth-order valence-corrected chi connectivity index (χ4v) is 4.22. The Kier molecular flexibility index (Phi) is 3.11. The van der Waals surface area contributed by atoms with Crippen LogP contribution in [0, 0.1) is 0 Å². The summed E-state index contributed by atoms with van der Waals surface area (Å²) in [6, 6.07) is 0. The van der Waals surface area contributed by atoms with Gasteiger partial charge in [0.25, 0.3) is 0 Å². The number of aromatic nitrogens is 2. The Hall–Kier alpha value is 0.200. The Balaban J connectivity index is 2.50. The van der Waals surface area contributed by atoms with Crippen LogP contribution in [0.15, 0.2) is 24.4 Å². The van der Waals surface area contributed by atoms with E-state index in [9.17, 15) is 0 Å². The summed E-state index contributed by atoms with van der Waals surface area (Å²) in [6.45, 7) is 0. The quantitative estimate of drug-likeness (QED) is 0.721. The first-order valence-electron chi connectivity index (χ1n) is 3.67. The van der Waals surface area contributed by atoms with Crippen molar-refractivity contribution < 1.29 is 0 Å². The third-order valence-corrected chi connectivity index (χ3v) is 5.17. The van der Waals surface area contributed by atoms with E-state index in [0.717, 1.165) is 10.2 Å². The third-order valence-electron chi connectivity index (χ3n) is 1.65. The van der Waals surface area contributed by atoms with Crippen molar-refractivity contribution in [3.05, 3.63) is 35.4 Å².